The molecule has 4 heteroatoms. The highest BCUT2D eigenvalue weighted by atomic mass is 79.9. The van der Waals surface area contributed by atoms with E-state index in [0.717, 1.165) is 12.8 Å². The summed E-state index contributed by atoms with van der Waals surface area (Å²) in [5.41, 5.74) is 0.374. The van der Waals surface area contributed by atoms with Crippen molar-refractivity contribution < 1.29 is 8.42 Å². The van der Waals surface area contributed by atoms with E-state index >= 15 is 0 Å². The Bertz CT molecular complexity index is 286. The second-order valence-corrected chi connectivity index (χ2v) is 8.44. The van der Waals surface area contributed by atoms with Crippen LogP contribution in [-0.4, -0.2) is 25.3 Å². The van der Waals surface area contributed by atoms with E-state index in [1.54, 1.807) is 0 Å². The van der Waals surface area contributed by atoms with E-state index in [-0.39, 0.29) is 0 Å². The van der Waals surface area contributed by atoms with Gasteiger partial charge in [0.1, 0.15) is 9.84 Å². The highest BCUT2D eigenvalue weighted by molar-refractivity contribution is 9.09. The standard InChI is InChI=1S/C10H19BrO2S/c1-10(6-4-9(11)8-10)5-3-7-14(2,12)13/h9H,3-8H2,1-2H3. The van der Waals surface area contributed by atoms with Gasteiger partial charge in [0.25, 0.3) is 0 Å². The lowest BCUT2D eigenvalue weighted by molar-refractivity contribution is 0.306. The number of rotatable bonds is 4. The van der Waals surface area contributed by atoms with E-state index in [2.05, 4.69) is 22.9 Å². The third-order valence-corrected chi connectivity index (χ3v) is 4.88. The van der Waals surface area contributed by atoms with Gasteiger partial charge in [0.05, 0.1) is 0 Å². The van der Waals surface area contributed by atoms with Gasteiger partial charge in [-0.15, -0.1) is 0 Å². The Morgan fingerprint density at radius 1 is 1.50 bits per heavy atom. The Hall–Kier alpha value is 0.430. The molecule has 0 heterocycles. The van der Waals surface area contributed by atoms with Gasteiger partial charge in [0.2, 0.25) is 0 Å². The van der Waals surface area contributed by atoms with Gasteiger partial charge in [-0.25, -0.2) is 8.42 Å². The Morgan fingerprint density at radius 2 is 2.14 bits per heavy atom. The van der Waals surface area contributed by atoms with Crippen molar-refractivity contribution in [3.63, 3.8) is 0 Å². The van der Waals surface area contributed by atoms with Gasteiger partial charge in [-0.05, 0) is 37.5 Å². The molecule has 1 aliphatic carbocycles. The second kappa shape index (κ2) is 4.52. The molecule has 0 amide bonds. The third kappa shape index (κ3) is 4.30. The van der Waals surface area contributed by atoms with Crippen molar-refractivity contribution in [2.24, 2.45) is 5.41 Å². The minimum atomic E-state index is -2.77. The van der Waals surface area contributed by atoms with Crippen molar-refractivity contribution in [2.45, 2.75) is 43.9 Å². The number of halogens is 1. The molecule has 0 spiro atoms. The van der Waals surface area contributed by atoms with Gasteiger partial charge >= 0.3 is 0 Å². The van der Waals surface area contributed by atoms with Crippen molar-refractivity contribution in [2.75, 3.05) is 12.0 Å². The van der Waals surface area contributed by atoms with Gasteiger partial charge in [0, 0.05) is 16.8 Å². The zero-order valence-corrected chi connectivity index (χ0v) is 11.3. The number of sulfone groups is 1. The summed E-state index contributed by atoms with van der Waals surface area (Å²) in [6, 6.07) is 0. The molecule has 14 heavy (non-hydrogen) atoms. The number of hydrogen-bond acceptors (Lipinski definition) is 2. The van der Waals surface area contributed by atoms with Crippen molar-refractivity contribution in [3.8, 4) is 0 Å². The monoisotopic (exact) mass is 282 g/mol. The topological polar surface area (TPSA) is 34.1 Å². The normalized spacial score (nSPS) is 33.5. The number of alkyl halides is 1. The molecule has 0 aliphatic heterocycles. The molecule has 0 N–H and O–H groups in total. The fraction of sp³-hybridized carbons (Fsp3) is 1.00. The molecular formula is C10H19BrO2S. The predicted molar refractivity (Wildman–Crippen MR) is 63.6 cm³/mol. The van der Waals surface area contributed by atoms with Crippen LogP contribution in [0.1, 0.15) is 39.0 Å². The quantitative estimate of drug-likeness (QED) is 0.743. The first-order valence-electron chi connectivity index (χ1n) is 5.13. The first-order valence-corrected chi connectivity index (χ1v) is 8.10. The predicted octanol–water partition coefficient (Wildman–Crippen LogP) is 2.76. The lowest BCUT2D eigenvalue weighted by Gasteiger charge is -2.23. The van der Waals surface area contributed by atoms with Crippen LogP contribution < -0.4 is 0 Å². The summed E-state index contributed by atoms with van der Waals surface area (Å²) in [5, 5.41) is 0. The molecule has 0 radical (unpaired) electrons. The second-order valence-electron chi connectivity index (χ2n) is 4.88. The van der Waals surface area contributed by atoms with Crippen molar-refractivity contribution in [1.29, 1.82) is 0 Å². The van der Waals surface area contributed by atoms with E-state index in [0.29, 0.717) is 16.0 Å². The van der Waals surface area contributed by atoms with E-state index in [1.165, 1.54) is 25.5 Å². The maximum atomic E-state index is 11.0. The summed E-state index contributed by atoms with van der Waals surface area (Å²) in [6.07, 6.45) is 6.83. The fourth-order valence-corrected chi connectivity index (χ4v) is 3.91. The summed E-state index contributed by atoms with van der Waals surface area (Å²) in [7, 11) is -2.77. The summed E-state index contributed by atoms with van der Waals surface area (Å²) >= 11 is 3.63. The van der Waals surface area contributed by atoms with Crippen LogP contribution in [-0.2, 0) is 9.84 Å². The van der Waals surface area contributed by atoms with Crippen LogP contribution in [0.2, 0.25) is 0 Å². The van der Waals surface area contributed by atoms with Crippen LogP contribution >= 0.6 is 15.9 Å². The largest absolute Gasteiger partial charge is 0.229 e. The van der Waals surface area contributed by atoms with E-state index in [4.69, 9.17) is 0 Å². The summed E-state index contributed by atoms with van der Waals surface area (Å²) in [5.74, 6) is 0.343. The Kier molecular flexibility index (Phi) is 4.03. The third-order valence-electron chi connectivity index (χ3n) is 3.07. The molecule has 1 saturated carbocycles. The summed E-state index contributed by atoms with van der Waals surface area (Å²) < 4.78 is 21.9. The molecule has 1 aliphatic rings. The van der Waals surface area contributed by atoms with E-state index in [9.17, 15) is 8.42 Å². The molecule has 0 bridgehead atoms. The molecule has 2 unspecified atom stereocenters. The molecule has 1 rings (SSSR count). The molecule has 0 aromatic rings. The minimum Gasteiger partial charge on any atom is -0.229 e. The molecule has 1 fully saturated rings. The average molecular weight is 283 g/mol. The fourth-order valence-electron chi connectivity index (χ4n) is 2.23. The van der Waals surface area contributed by atoms with E-state index in [1.807, 2.05) is 0 Å². The van der Waals surface area contributed by atoms with Crippen molar-refractivity contribution in [3.05, 3.63) is 0 Å². The molecule has 84 valence electrons. The van der Waals surface area contributed by atoms with Gasteiger partial charge in [-0.1, -0.05) is 22.9 Å². The van der Waals surface area contributed by atoms with Crippen LogP contribution in [0.4, 0.5) is 0 Å². The maximum absolute atomic E-state index is 11.0. The van der Waals surface area contributed by atoms with Crippen LogP contribution in [0.5, 0.6) is 0 Å². The first kappa shape index (κ1) is 12.5. The highest BCUT2D eigenvalue weighted by Crippen LogP contribution is 2.44. The minimum absolute atomic E-state index is 0.343. The smallest absolute Gasteiger partial charge is 0.147 e. The van der Waals surface area contributed by atoms with Gasteiger partial charge in [0.15, 0.2) is 0 Å². The Labute approximate surface area is 95.5 Å². The molecular weight excluding hydrogens is 264 g/mol. The van der Waals surface area contributed by atoms with Crippen molar-refractivity contribution in [1.82, 2.24) is 0 Å². The Morgan fingerprint density at radius 3 is 2.57 bits per heavy atom. The molecule has 0 aromatic heterocycles. The average Bonchev–Trinajstić information content (AvgIpc) is 2.28. The van der Waals surface area contributed by atoms with E-state index < -0.39 is 9.84 Å². The highest BCUT2D eigenvalue weighted by Gasteiger charge is 2.33. The van der Waals surface area contributed by atoms with Gasteiger partial charge in [-0.3, -0.25) is 0 Å². The summed E-state index contributed by atoms with van der Waals surface area (Å²) in [6.45, 7) is 2.27. The molecule has 0 aromatic carbocycles. The van der Waals surface area contributed by atoms with Gasteiger partial charge < -0.3 is 0 Å². The zero-order valence-electron chi connectivity index (χ0n) is 8.92. The maximum Gasteiger partial charge on any atom is 0.147 e. The lowest BCUT2D eigenvalue weighted by Crippen LogP contribution is -2.14. The van der Waals surface area contributed by atoms with Crippen LogP contribution in [0.25, 0.3) is 0 Å². The first-order chi connectivity index (χ1) is 6.31. The van der Waals surface area contributed by atoms with Crippen molar-refractivity contribution >= 4 is 25.8 Å². The molecule has 2 nitrogen and oxygen atoms in total. The molecule has 2 atom stereocenters. The molecule has 0 saturated heterocycles. The van der Waals surface area contributed by atoms with Crippen LogP contribution in [0, 0.1) is 5.41 Å². The van der Waals surface area contributed by atoms with Crippen LogP contribution in [0.3, 0.4) is 0 Å². The van der Waals surface area contributed by atoms with Gasteiger partial charge in [-0.2, -0.15) is 0 Å². The lowest BCUT2D eigenvalue weighted by atomic mass is 9.84. The van der Waals surface area contributed by atoms with Crippen LogP contribution in [0.15, 0.2) is 0 Å². The SMILES string of the molecule is CC1(CCCS(C)(=O)=O)CCC(Br)C1. The summed E-state index contributed by atoms with van der Waals surface area (Å²) in [4.78, 5) is 0.644. The Balaban J connectivity index is 2.31. The number of hydrogen-bond donors (Lipinski definition) is 0. The zero-order chi connectivity index (χ0) is 10.8.